The third-order valence-corrected chi connectivity index (χ3v) is 4.97. The average molecular weight is 382 g/mol. The molecule has 0 fully saturated rings. The number of ether oxygens (including phenoxy) is 1. The molecule has 2 aromatic carbocycles. The minimum Gasteiger partial charge on any atom is -0.493 e. The molecule has 1 N–H and O–H groups in total. The first-order valence-corrected chi connectivity index (χ1v) is 9.86. The number of fused-ring (bicyclic) bond motifs is 3. The van der Waals surface area contributed by atoms with E-state index in [-0.39, 0.29) is 0 Å². The fourth-order valence-electron chi connectivity index (χ4n) is 3.53. The van der Waals surface area contributed by atoms with E-state index in [9.17, 15) is 0 Å². The zero-order valence-corrected chi connectivity index (χ0v) is 16.2. The molecule has 0 atom stereocenters. The predicted molar refractivity (Wildman–Crippen MR) is 110 cm³/mol. The second-order valence-electron chi connectivity index (χ2n) is 6.67. The van der Waals surface area contributed by atoms with Crippen LogP contribution in [0, 0.1) is 4.84 Å². The number of para-hydroxylation sites is 1. The zero-order chi connectivity index (χ0) is 18.6. The Morgan fingerprint density at radius 3 is 2.74 bits per heavy atom. The van der Waals surface area contributed by atoms with E-state index in [4.69, 9.17) is 21.4 Å². The first-order chi connectivity index (χ1) is 13.3. The molecule has 0 radical (unpaired) electrons. The van der Waals surface area contributed by atoms with Gasteiger partial charge in [-0.25, -0.2) is 5.10 Å². The molecule has 0 aliphatic carbocycles. The van der Waals surface area contributed by atoms with Crippen molar-refractivity contribution in [2.24, 2.45) is 0 Å². The van der Waals surface area contributed by atoms with Crippen molar-refractivity contribution in [3.8, 4) is 5.75 Å². The summed E-state index contributed by atoms with van der Waals surface area (Å²) in [5, 5.41) is 9.16. The van der Waals surface area contributed by atoms with E-state index in [2.05, 4.69) is 52.0 Å². The highest BCUT2D eigenvalue weighted by Gasteiger charge is 2.16. The standard InChI is InChI=1S/C21H23N3O2S/c1-2-3-4-7-13-25-18-12-8-11-17-20(18)15-9-5-6-10-16(15)24(17)14-19-22-23-21(27)26-19/h5-6,8-12H,2-4,7,13-14H2,1H3,(H,23,27). The summed E-state index contributed by atoms with van der Waals surface area (Å²) in [5.74, 6) is 1.50. The van der Waals surface area contributed by atoms with Gasteiger partial charge in [-0.15, -0.1) is 5.10 Å². The summed E-state index contributed by atoms with van der Waals surface area (Å²) in [6.07, 6.45) is 4.77. The number of rotatable bonds is 8. The topological polar surface area (TPSA) is 56.0 Å². The number of unbranched alkanes of at least 4 members (excludes halogenated alkanes) is 3. The van der Waals surface area contributed by atoms with Gasteiger partial charge in [0.15, 0.2) is 0 Å². The second-order valence-corrected chi connectivity index (χ2v) is 7.04. The van der Waals surface area contributed by atoms with Gasteiger partial charge in [-0.05, 0) is 36.8 Å². The Labute approximate surface area is 162 Å². The maximum absolute atomic E-state index is 6.17. The molecule has 140 valence electrons. The molecular formula is C21H23N3O2S. The first kappa shape index (κ1) is 17.8. The van der Waals surface area contributed by atoms with Gasteiger partial charge in [0.05, 0.1) is 12.1 Å². The van der Waals surface area contributed by atoms with Gasteiger partial charge in [-0.3, -0.25) is 0 Å². The third kappa shape index (κ3) is 3.62. The van der Waals surface area contributed by atoms with E-state index in [1.54, 1.807) is 0 Å². The van der Waals surface area contributed by atoms with Crippen LogP contribution in [0.5, 0.6) is 5.75 Å². The summed E-state index contributed by atoms with van der Waals surface area (Å²) in [7, 11) is 0. The van der Waals surface area contributed by atoms with Gasteiger partial charge < -0.3 is 13.7 Å². The lowest BCUT2D eigenvalue weighted by molar-refractivity contribution is 0.308. The normalized spacial score (nSPS) is 11.4. The van der Waals surface area contributed by atoms with Crippen molar-refractivity contribution in [1.29, 1.82) is 0 Å². The highest BCUT2D eigenvalue weighted by atomic mass is 32.1. The van der Waals surface area contributed by atoms with Gasteiger partial charge in [0.1, 0.15) is 12.3 Å². The Hall–Kier alpha value is -2.60. The number of nitrogens with zero attached hydrogens (tertiary/aromatic N) is 2. The molecule has 0 bridgehead atoms. The number of aromatic nitrogens is 3. The molecular weight excluding hydrogens is 358 g/mol. The maximum atomic E-state index is 6.17. The minimum absolute atomic E-state index is 0.293. The molecule has 0 amide bonds. The van der Waals surface area contributed by atoms with Crippen LogP contribution in [0.25, 0.3) is 21.8 Å². The van der Waals surface area contributed by atoms with Gasteiger partial charge in [0, 0.05) is 16.3 Å². The molecule has 0 unspecified atom stereocenters. The van der Waals surface area contributed by atoms with Crippen molar-refractivity contribution < 1.29 is 9.15 Å². The molecule has 4 rings (SSSR count). The lowest BCUT2D eigenvalue weighted by Crippen LogP contribution is -2.00. The molecule has 2 aromatic heterocycles. The van der Waals surface area contributed by atoms with Crippen LogP contribution >= 0.6 is 12.2 Å². The van der Waals surface area contributed by atoms with E-state index in [1.165, 1.54) is 24.6 Å². The number of benzene rings is 2. The van der Waals surface area contributed by atoms with E-state index in [0.717, 1.165) is 35.2 Å². The maximum Gasteiger partial charge on any atom is 0.284 e. The molecule has 0 aliphatic rings. The van der Waals surface area contributed by atoms with Gasteiger partial charge in [-0.2, -0.15) is 0 Å². The largest absolute Gasteiger partial charge is 0.493 e. The summed E-state index contributed by atoms with van der Waals surface area (Å²) in [6, 6.07) is 14.6. The van der Waals surface area contributed by atoms with Crippen molar-refractivity contribution in [1.82, 2.24) is 14.8 Å². The number of hydrogen-bond acceptors (Lipinski definition) is 4. The summed E-state index contributed by atoms with van der Waals surface area (Å²) < 4.78 is 13.8. The number of aromatic amines is 1. The molecule has 27 heavy (non-hydrogen) atoms. The first-order valence-electron chi connectivity index (χ1n) is 9.45. The van der Waals surface area contributed by atoms with Crippen LogP contribution in [0.1, 0.15) is 38.5 Å². The number of hydrogen-bond donors (Lipinski definition) is 1. The van der Waals surface area contributed by atoms with E-state index in [0.29, 0.717) is 17.3 Å². The summed E-state index contributed by atoms with van der Waals surface area (Å²) in [5.41, 5.74) is 2.23. The second kappa shape index (κ2) is 7.96. The van der Waals surface area contributed by atoms with Gasteiger partial charge in [-0.1, -0.05) is 50.5 Å². The molecule has 4 aromatic rings. The Morgan fingerprint density at radius 1 is 1.07 bits per heavy atom. The van der Waals surface area contributed by atoms with Crippen LogP contribution in [0.4, 0.5) is 0 Å². The van der Waals surface area contributed by atoms with Gasteiger partial charge >= 0.3 is 0 Å². The molecule has 0 saturated heterocycles. The molecule has 0 aliphatic heterocycles. The van der Waals surface area contributed by atoms with Gasteiger partial charge in [0.2, 0.25) is 5.89 Å². The SMILES string of the molecule is CCCCCCOc1cccc2c1c1ccccc1n2Cc1n[nH]c(=S)o1. The molecule has 2 heterocycles. The number of H-pyrrole nitrogens is 1. The van der Waals surface area contributed by atoms with Crippen molar-refractivity contribution in [2.45, 2.75) is 39.2 Å². The van der Waals surface area contributed by atoms with E-state index >= 15 is 0 Å². The highest BCUT2D eigenvalue weighted by molar-refractivity contribution is 7.71. The van der Waals surface area contributed by atoms with Crippen LogP contribution in [0.3, 0.4) is 0 Å². The fraction of sp³-hybridized carbons (Fsp3) is 0.333. The average Bonchev–Trinajstić information content (AvgIpc) is 3.24. The van der Waals surface area contributed by atoms with E-state index < -0.39 is 0 Å². The van der Waals surface area contributed by atoms with Crippen molar-refractivity contribution in [2.75, 3.05) is 6.61 Å². The van der Waals surface area contributed by atoms with Crippen LogP contribution in [0.15, 0.2) is 46.9 Å². The lowest BCUT2D eigenvalue weighted by atomic mass is 10.1. The van der Waals surface area contributed by atoms with Crippen LogP contribution in [-0.2, 0) is 6.54 Å². The Bertz CT molecular complexity index is 1110. The third-order valence-electron chi connectivity index (χ3n) is 4.79. The summed E-state index contributed by atoms with van der Waals surface area (Å²) in [4.78, 5) is 0.293. The van der Waals surface area contributed by atoms with Crippen LogP contribution < -0.4 is 4.74 Å². The van der Waals surface area contributed by atoms with E-state index in [1.807, 2.05) is 12.1 Å². The summed E-state index contributed by atoms with van der Waals surface area (Å²) >= 11 is 5.01. The zero-order valence-electron chi connectivity index (χ0n) is 15.4. The van der Waals surface area contributed by atoms with Gasteiger partial charge in [0.25, 0.3) is 4.84 Å². The quantitative estimate of drug-likeness (QED) is 0.307. The highest BCUT2D eigenvalue weighted by Crippen LogP contribution is 2.36. The molecule has 0 saturated carbocycles. The molecule has 0 spiro atoms. The monoisotopic (exact) mass is 381 g/mol. The Morgan fingerprint density at radius 2 is 1.93 bits per heavy atom. The van der Waals surface area contributed by atoms with Crippen molar-refractivity contribution in [3.63, 3.8) is 0 Å². The Balaban J connectivity index is 1.74. The van der Waals surface area contributed by atoms with Crippen molar-refractivity contribution in [3.05, 3.63) is 53.2 Å². The minimum atomic E-state index is 0.293. The number of nitrogens with one attached hydrogen (secondary N) is 1. The predicted octanol–water partition coefficient (Wildman–Crippen LogP) is 5.85. The molecule has 5 nitrogen and oxygen atoms in total. The molecule has 6 heteroatoms. The fourth-order valence-corrected chi connectivity index (χ4v) is 3.67. The van der Waals surface area contributed by atoms with Crippen molar-refractivity contribution >= 4 is 34.0 Å². The Kier molecular flexibility index (Phi) is 5.25. The van der Waals surface area contributed by atoms with Crippen LogP contribution in [-0.4, -0.2) is 21.4 Å². The van der Waals surface area contributed by atoms with Crippen LogP contribution in [0.2, 0.25) is 0 Å². The summed E-state index contributed by atoms with van der Waals surface area (Å²) in [6.45, 7) is 3.47. The smallest absolute Gasteiger partial charge is 0.284 e. The lowest BCUT2D eigenvalue weighted by Gasteiger charge is -2.08.